The predicted octanol–water partition coefficient (Wildman–Crippen LogP) is 2.98. The zero-order valence-corrected chi connectivity index (χ0v) is 18.0. The first kappa shape index (κ1) is 22.5. The van der Waals surface area contributed by atoms with Crippen LogP contribution < -0.4 is 10.6 Å². The van der Waals surface area contributed by atoms with Crippen molar-refractivity contribution >= 4 is 17.9 Å². The molecule has 0 bridgehead atoms. The number of nitrogens with zero attached hydrogens (tertiary/aromatic N) is 1. The maximum Gasteiger partial charge on any atom is 0.328 e. The summed E-state index contributed by atoms with van der Waals surface area (Å²) in [5, 5.41) is 5.52. The standard InChI is InChI=1S/C21H37N3O4/c1-14-10-9-13-24(14)18(25)17(16-11-7-6-8-12-16)23-20(27)22-15(2)19(26)28-21(3,4)5/h14-17H,6-13H2,1-5H3,(H2,22,23,27). The summed E-state index contributed by atoms with van der Waals surface area (Å²) in [7, 11) is 0. The molecule has 28 heavy (non-hydrogen) atoms. The highest BCUT2D eigenvalue weighted by molar-refractivity contribution is 5.89. The molecule has 0 aromatic heterocycles. The summed E-state index contributed by atoms with van der Waals surface area (Å²) in [6.45, 7) is 9.76. The normalized spacial score (nSPS) is 23.0. The van der Waals surface area contributed by atoms with Crippen LogP contribution in [-0.4, -0.2) is 53.1 Å². The molecule has 2 N–H and O–H groups in total. The molecule has 1 saturated heterocycles. The zero-order chi connectivity index (χ0) is 20.9. The lowest BCUT2D eigenvalue weighted by Crippen LogP contribution is -2.57. The molecule has 2 aliphatic rings. The number of amides is 3. The molecule has 0 aromatic carbocycles. The summed E-state index contributed by atoms with van der Waals surface area (Å²) in [6.07, 6.45) is 7.25. The molecule has 1 heterocycles. The summed E-state index contributed by atoms with van der Waals surface area (Å²) in [6, 6.07) is -1.60. The number of hydrogen-bond acceptors (Lipinski definition) is 4. The van der Waals surface area contributed by atoms with Gasteiger partial charge >= 0.3 is 12.0 Å². The van der Waals surface area contributed by atoms with Gasteiger partial charge in [-0.25, -0.2) is 9.59 Å². The van der Waals surface area contributed by atoms with Gasteiger partial charge in [0.15, 0.2) is 0 Å². The molecule has 3 atom stereocenters. The van der Waals surface area contributed by atoms with Gasteiger partial charge in [-0.2, -0.15) is 0 Å². The van der Waals surface area contributed by atoms with Crippen LogP contribution in [-0.2, 0) is 14.3 Å². The van der Waals surface area contributed by atoms with Gasteiger partial charge < -0.3 is 20.3 Å². The van der Waals surface area contributed by atoms with Crippen LogP contribution in [0.3, 0.4) is 0 Å². The summed E-state index contributed by atoms with van der Waals surface area (Å²) in [5.41, 5.74) is -0.615. The molecule has 7 heteroatoms. The van der Waals surface area contributed by atoms with E-state index in [0.717, 1.165) is 45.1 Å². The summed E-state index contributed by atoms with van der Waals surface area (Å²) in [5.74, 6) is -0.329. The van der Waals surface area contributed by atoms with Crippen LogP contribution in [0.5, 0.6) is 0 Å². The van der Waals surface area contributed by atoms with E-state index in [4.69, 9.17) is 4.74 Å². The monoisotopic (exact) mass is 395 g/mol. The van der Waals surface area contributed by atoms with Crippen molar-refractivity contribution in [1.29, 1.82) is 0 Å². The Bertz CT molecular complexity index is 566. The van der Waals surface area contributed by atoms with E-state index in [0.29, 0.717) is 0 Å². The Balaban J connectivity index is 2.01. The first-order valence-corrected chi connectivity index (χ1v) is 10.7. The lowest BCUT2D eigenvalue weighted by Gasteiger charge is -2.34. The van der Waals surface area contributed by atoms with Crippen LogP contribution in [0, 0.1) is 5.92 Å². The number of ether oxygens (including phenoxy) is 1. The Labute approximate surface area is 168 Å². The van der Waals surface area contributed by atoms with Crippen LogP contribution in [0.1, 0.15) is 79.6 Å². The number of rotatable bonds is 5. The molecule has 1 aliphatic heterocycles. The van der Waals surface area contributed by atoms with E-state index in [9.17, 15) is 14.4 Å². The highest BCUT2D eigenvalue weighted by atomic mass is 16.6. The third-order valence-corrected chi connectivity index (χ3v) is 5.62. The fourth-order valence-corrected chi connectivity index (χ4v) is 4.12. The van der Waals surface area contributed by atoms with Crippen molar-refractivity contribution in [1.82, 2.24) is 15.5 Å². The highest BCUT2D eigenvalue weighted by Gasteiger charge is 2.37. The minimum absolute atomic E-state index is 0.0111. The van der Waals surface area contributed by atoms with Gasteiger partial charge in [0.25, 0.3) is 0 Å². The number of urea groups is 1. The van der Waals surface area contributed by atoms with Crippen molar-refractivity contribution in [2.24, 2.45) is 5.92 Å². The van der Waals surface area contributed by atoms with Crippen LogP contribution in [0.25, 0.3) is 0 Å². The summed E-state index contributed by atoms with van der Waals surface area (Å²) in [4.78, 5) is 39.8. The molecule has 2 fully saturated rings. The van der Waals surface area contributed by atoms with Gasteiger partial charge in [-0.1, -0.05) is 19.3 Å². The maximum atomic E-state index is 13.2. The van der Waals surface area contributed by atoms with E-state index < -0.39 is 29.7 Å². The van der Waals surface area contributed by atoms with Gasteiger partial charge in [-0.15, -0.1) is 0 Å². The fraction of sp³-hybridized carbons (Fsp3) is 0.857. The molecule has 1 saturated carbocycles. The second-order valence-corrected chi connectivity index (χ2v) is 9.27. The Morgan fingerprint density at radius 1 is 1.00 bits per heavy atom. The van der Waals surface area contributed by atoms with Gasteiger partial charge in [0, 0.05) is 12.6 Å². The van der Waals surface area contributed by atoms with Gasteiger partial charge in [0.1, 0.15) is 17.7 Å². The van der Waals surface area contributed by atoms with Gasteiger partial charge in [-0.05, 0) is 66.2 Å². The second-order valence-electron chi connectivity index (χ2n) is 9.27. The third kappa shape index (κ3) is 6.38. The predicted molar refractivity (Wildman–Crippen MR) is 108 cm³/mol. The molecule has 0 radical (unpaired) electrons. The van der Waals surface area contributed by atoms with Crippen molar-refractivity contribution in [3.8, 4) is 0 Å². The number of hydrogen-bond donors (Lipinski definition) is 2. The summed E-state index contributed by atoms with van der Waals surface area (Å²) < 4.78 is 5.31. The lowest BCUT2D eigenvalue weighted by atomic mass is 9.83. The molecular weight excluding hydrogens is 358 g/mol. The number of likely N-dealkylation sites (tertiary alicyclic amines) is 1. The first-order valence-electron chi connectivity index (χ1n) is 10.7. The van der Waals surface area contributed by atoms with E-state index in [-0.39, 0.29) is 17.9 Å². The minimum atomic E-state index is -0.785. The molecule has 7 nitrogen and oxygen atoms in total. The Morgan fingerprint density at radius 3 is 2.18 bits per heavy atom. The van der Waals surface area contributed by atoms with Crippen LogP contribution in [0.15, 0.2) is 0 Å². The van der Waals surface area contributed by atoms with Crippen molar-refractivity contribution in [2.45, 2.75) is 103 Å². The van der Waals surface area contributed by atoms with Crippen LogP contribution in [0.4, 0.5) is 4.79 Å². The quantitative estimate of drug-likeness (QED) is 0.701. The molecule has 0 spiro atoms. The van der Waals surface area contributed by atoms with Crippen molar-refractivity contribution in [2.75, 3.05) is 6.54 Å². The Morgan fingerprint density at radius 2 is 1.64 bits per heavy atom. The first-order chi connectivity index (χ1) is 13.1. The zero-order valence-electron chi connectivity index (χ0n) is 18.0. The van der Waals surface area contributed by atoms with Gasteiger partial charge in [0.2, 0.25) is 5.91 Å². The highest BCUT2D eigenvalue weighted by Crippen LogP contribution is 2.29. The molecule has 1 aliphatic carbocycles. The van der Waals surface area contributed by atoms with E-state index in [1.807, 2.05) is 4.90 Å². The number of esters is 1. The van der Waals surface area contributed by atoms with Gasteiger partial charge in [-0.3, -0.25) is 4.79 Å². The summed E-state index contributed by atoms with van der Waals surface area (Å²) >= 11 is 0. The van der Waals surface area contributed by atoms with Gasteiger partial charge in [0.05, 0.1) is 0 Å². The fourth-order valence-electron chi connectivity index (χ4n) is 4.12. The Hall–Kier alpha value is -1.79. The van der Waals surface area contributed by atoms with Crippen LogP contribution in [0.2, 0.25) is 0 Å². The SMILES string of the molecule is CC(NC(=O)NC(C(=O)N1CCCC1C)C1CCCCC1)C(=O)OC(C)(C)C. The molecule has 2 rings (SSSR count). The smallest absolute Gasteiger partial charge is 0.328 e. The number of carbonyl (C=O) groups is 3. The van der Waals surface area contributed by atoms with E-state index in [1.165, 1.54) is 6.42 Å². The molecule has 160 valence electrons. The van der Waals surface area contributed by atoms with Crippen molar-refractivity contribution in [3.05, 3.63) is 0 Å². The molecule has 0 aromatic rings. The minimum Gasteiger partial charge on any atom is -0.458 e. The van der Waals surface area contributed by atoms with Crippen molar-refractivity contribution in [3.63, 3.8) is 0 Å². The lowest BCUT2D eigenvalue weighted by molar-refractivity contribution is -0.156. The van der Waals surface area contributed by atoms with Crippen molar-refractivity contribution < 1.29 is 19.1 Å². The second kappa shape index (κ2) is 9.61. The van der Waals surface area contributed by atoms with E-state index in [1.54, 1.807) is 27.7 Å². The van der Waals surface area contributed by atoms with E-state index >= 15 is 0 Å². The van der Waals surface area contributed by atoms with E-state index in [2.05, 4.69) is 17.6 Å². The molecular formula is C21H37N3O4. The average molecular weight is 396 g/mol. The maximum absolute atomic E-state index is 13.2. The topological polar surface area (TPSA) is 87.7 Å². The number of nitrogens with one attached hydrogen (secondary N) is 2. The molecule has 3 amide bonds. The average Bonchev–Trinajstić information content (AvgIpc) is 3.04. The van der Waals surface area contributed by atoms with Crippen LogP contribution >= 0.6 is 0 Å². The largest absolute Gasteiger partial charge is 0.458 e. The molecule has 3 unspecified atom stereocenters. The number of carbonyl (C=O) groups excluding carboxylic acids is 3. The Kier molecular flexibility index (Phi) is 7.72. The third-order valence-electron chi connectivity index (χ3n) is 5.62.